The van der Waals surface area contributed by atoms with Crippen molar-refractivity contribution in [2.75, 3.05) is 6.61 Å². The van der Waals surface area contributed by atoms with Crippen LogP contribution >= 0.6 is 11.3 Å². The summed E-state index contributed by atoms with van der Waals surface area (Å²) in [6.45, 7) is 6.06. The molecule has 0 atom stereocenters. The average Bonchev–Trinajstić information content (AvgIpc) is 2.95. The molecule has 26 heavy (non-hydrogen) atoms. The fourth-order valence-electron chi connectivity index (χ4n) is 2.56. The summed E-state index contributed by atoms with van der Waals surface area (Å²) in [7, 11) is 0. The van der Waals surface area contributed by atoms with E-state index < -0.39 is 5.97 Å². The van der Waals surface area contributed by atoms with E-state index in [1.54, 1.807) is 20.8 Å². The third kappa shape index (κ3) is 3.77. The van der Waals surface area contributed by atoms with E-state index in [1.807, 2.05) is 30.3 Å². The van der Waals surface area contributed by atoms with E-state index in [2.05, 4.69) is 4.98 Å². The normalized spacial score (nSPS) is 11.1. The fourth-order valence-corrected chi connectivity index (χ4v) is 3.58. The highest BCUT2D eigenvalue weighted by molar-refractivity contribution is 7.20. The summed E-state index contributed by atoms with van der Waals surface area (Å²) in [6, 6.07) is 9.42. The van der Waals surface area contributed by atoms with Gasteiger partial charge in [0.1, 0.15) is 22.1 Å². The number of ether oxygens (including phenoxy) is 2. The zero-order valence-corrected chi connectivity index (χ0v) is 15.7. The number of fused-ring (bicyclic) bond motifs is 1. The van der Waals surface area contributed by atoms with Crippen LogP contribution in [-0.4, -0.2) is 28.2 Å². The molecule has 0 bridgehead atoms. The van der Waals surface area contributed by atoms with Gasteiger partial charge in [0.15, 0.2) is 0 Å². The first kappa shape index (κ1) is 18.1. The first-order valence-corrected chi connectivity index (χ1v) is 9.16. The van der Waals surface area contributed by atoms with Gasteiger partial charge >= 0.3 is 5.97 Å². The van der Waals surface area contributed by atoms with E-state index in [9.17, 15) is 9.59 Å². The largest absolute Gasteiger partial charge is 0.492 e. The number of rotatable bonds is 6. The van der Waals surface area contributed by atoms with E-state index in [0.717, 1.165) is 5.75 Å². The first-order chi connectivity index (χ1) is 12.5. The molecule has 3 rings (SSSR count). The summed E-state index contributed by atoms with van der Waals surface area (Å²) in [6.07, 6.45) is 1.28. The first-order valence-electron chi connectivity index (χ1n) is 8.34. The van der Waals surface area contributed by atoms with Crippen LogP contribution in [0.3, 0.4) is 0 Å². The highest BCUT2D eigenvalue weighted by Crippen LogP contribution is 2.27. The van der Waals surface area contributed by atoms with Gasteiger partial charge < -0.3 is 9.47 Å². The van der Waals surface area contributed by atoms with Crippen LogP contribution in [-0.2, 0) is 11.3 Å². The number of benzene rings is 1. The number of esters is 1. The molecule has 0 fully saturated rings. The predicted octanol–water partition coefficient (Wildman–Crippen LogP) is 3.41. The van der Waals surface area contributed by atoms with E-state index >= 15 is 0 Å². The number of hydrogen-bond acceptors (Lipinski definition) is 6. The molecule has 0 N–H and O–H groups in total. The lowest BCUT2D eigenvalue weighted by atomic mass is 10.2. The molecule has 0 aliphatic carbocycles. The van der Waals surface area contributed by atoms with Gasteiger partial charge in [0.05, 0.1) is 24.4 Å². The van der Waals surface area contributed by atoms with Gasteiger partial charge in [0.25, 0.3) is 5.56 Å². The van der Waals surface area contributed by atoms with Gasteiger partial charge in [0.2, 0.25) is 0 Å². The van der Waals surface area contributed by atoms with Gasteiger partial charge in [-0.15, -0.1) is 11.3 Å². The van der Waals surface area contributed by atoms with Crippen LogP contribution in [0.15, 0.2) is 41.5 Å². The third-order valence-corrected chi connectivity index (χ3v) is 4.97. The van der Waals surface area contributed by atoms with Crippen molar-refractivity contribution in [2.45, 2.75) is 33.4 Å². The Balaban J connectivity index is 1.82. The van der Waals surface area contributed by atoms with Gasteiger partial charge in [-0.25, -0.2) is 9.78 Å². The van der Waals surface area contributed by atoms with Crippen LogP contribution in [0.1, 0.15) is 29.1 Å². The molecule has 2 heterocycles. The van der Waals surface area contributed by atoms with Crippen molar-refractivity contribution in [2.24, 2.45) is 0 Å². The van der Waals surface area contributed by atoms with E-state index in [1.165, 1.54) is 22.2 Å². The molecule has 0 aliphatic rings. The Morgan fingerprint density at radius 2 is 2.00 bits per heavy atom. The molecule has 0 amide bonds. The molecule has 0 saturated heterocycles. The third-order valence-electron chi connectivity index (χ3n) is 3.79. The number of thiophene rings is 1. The number of carbonyl (C=O) groups excluding carboxylic acids is 1. The lowest BCUT2D eigenvalue weighted by Gasteiger charge is -2.08. The maximum atomic E-state index is 12.8. The van der Waals surface area contributed by atoms with Crippen molar-refractivity contribution in [1.82, 2.24) is 9.55 Å². The number of hydrogen-bond donors (Lipinski definition) is 0. The van der Waals surface area contributed by atoms with Crippen molar-refractivity contribution >= 4 is 27.5 Å². The minimum Gasteiger partial charge on any atom is -0.492 e. The second-order valence-corrected chi connectivity index (χ2v) is 7.09. The lowest BCUT2D eigenvalue weighted by Crippen LogP contribution is -2.23. The Hall–Kier alpha value is -2.67. The Morgan fingerprint density at radius 3 is 2.69 bits per heavy atom. The van der Waals surface area contributed by atoms with Crippen LogP contribution < -0.4 is 10.3 Å². The van der Waals surface area contributed by atoms with Gasteiger partial charge in [-0.2, -0.15) is 0 Å². The summed E-state index contributed by atoms with van der Waals surface area (Å²) in [5.41, 5.74) is 0.440. The lowest BCUT2D eigenvalue weighted by molar-refractivity contribution is 0.0383. The predicted molar refractivity (Wildman–Crippen MR) is 101 cm³/mol. The van der Waals surface area contributed by atoms with E-state index in [-0.39, 0.29) is 11.7 Å². The molecule has 0 unspecified atom stereocenters. The summed E-state index contributed by atoms with van der Waals surface area (Å²) in [4.78, 5) is 30.3. The smallest absolute Gasteiger partial charge is 0.348 e. The monoisotopic (exact) mass is 372 g/mol. The van der Waals surface area contributed by atoms with Gasteiger partial charge in [-0.1, -0.05) is 18.2 Å². The van der Waals surface area contributed by atoms with Crippen molar-refractivity contribution in [3.63, 3.8) is 0 Å². The topological polar surface area (TPSA) is 70.4 Å². The number of aryl methyl sites for hydroxylation is 1. The Morgan fingerprint density at radius 1 is 1.27 bits per heavy atom. The highest BCUT2D eigenvalue weighted by Gasteiger charge is 2.21. The molecule has 7 heteroatoms. The van der Waals surface area contributed by atoms with Gasteiger partial charge in [-0.05, 0) is 38.5 Å². The molecule has 0 spiro atoms. The minimum absolute atomic E-state index is 0.177. The van der Waals surface area contributed by atoms with Crippen molar-refractivity contribution < 1.29 is 14.3 Å². The maximum absolute atomic E-state index is 12.8. The molecule has 1 aromatic carbocycles. The van der Waals surface area contributed by atoms with Gasteiger partial charge in [-0.3, -0.25) is 9.36 Å². The number of aromatic nitrogens is 2. The van der Waals surface area contributed by atoms with Crippen molar-refractivity contribution in [3.05, 3.63) is 57.5 Å². The van der Waals surface area contributed by atoms with E-state index in [4.69, 9.17) is 9.47 Å². The molecule has 3 aromatic rings. The molecular weight excluding hydrogens is 352 g/mol. The van der Waals surface area contributed by atoms with Gasteiger partial charge in [0, 0.05) is 0 Å². The second-order valence-electron chi connectivity index (χ2n) is 6.10. The molecule has 0 saturated carbocycles. The number of para-hydroxylation sites is 1. The summed E-state index contributed by atoms with van der Waals surface area (Å²) in [5.74, 6) is 0.332. The number of carbonyl (C=O) groups is 1. The quantitative estimate of drug-likeness (QED) is 0.620. The minimum atomic E-state index is -0.418. The highest BCUT2D eigenvalue weighted by atomic mass is 32.1. The molecular formula is C19H20N2O4S. The second kappa shape index (κ2) is 7.70. The fraction of sp³-hybridized carbons (Fsp3) is 0.316. The van der Waals surface area contributed by atoms with Crippen LogP contribution in [0.5, 0.6) is 5.75 Å². The van der Waals surface area contributed by atoms with Crippen LogP contribution in [0.4, 0.5) is 0 Å². The van der Waals surface area contributed by atoms with E-state index in [0.29, 0.717) is 33.8 Å². The zero-order valence-electron chi connectivity index (χ0n) is 14.9. The summed E-state index contributed by atoms with van der Waals surface area (Å²) < 4.78 is 12.4. The summed E-state index contributed by atoms with van der Waals surface area (Å²) >= 11 is 1.19. The standard InChI is InChI=1S/C19H20N2O4S/c1-12(2)25-19(23)16-13(3)15-17(26-16)20-11-21(18(15)22)9-10-24-14-7-5-4-6-8-14/h4-8,11-12H,9-10H2,1-3H3. The molecule has 0 aliphatic heterocycles. The zero-order chi connectivity index (χ0) is 18.7. The van der Waals surface area contributed by atoms with Crippen LogP contribution in [0, 0.1) is 6.92 Å². The summed E-state index contributed by atoms with van der Waals surface area (Å²) in [5, 5.41) is 0.466. The Kier molecular flexibility index (Phi) is 5.37. The molecule has 136 valence electrons. The Labute approximate surface area is 155 Å². The molecule has 6 nitrogen and oxygen atoms in total. The van der Waals surface area contributed by atoms with Crippen LogP contribution in [0.2, 0.25) is 0 Å². The van der Waals surface area contributed by atoms with Crippen molar-refractivity contribution in [3.8, 4) is 5.75 Å². The maximum Gasteiger partial charge on any atom is 0.348 e. The SMILES string of the molecule is Cc1c(C(=O)OC(C)C)sc2ncn(CCOc3ccccc3)c(=O)c12. The van der Waals surface area contributed by atoms with Crippen molar-refractivity contribution in [1.29, 1.82) is 0 Å². The number of nitrogens with zero attached hydrogens (tertiary/aromatic N) is 2. The van der Waals surface area contributed by atoms with Crippen LogP contribution in [0.25, 0.3) is 10.2 Å². The Bertz CT molecular complexity index is 976. The average molecular weight is 372 g/mol. The molecule has 2 aromatic heterocycles. The molecule has 0 radical (unpaired) electrons.